The van der Waals surface area contributed by atoms with Gasteiger partial charge < -0.3 is 20.5 Å². The van der Waals surface area contributed by atoms with E-state index in [9.17, 15) is 14.4 Å². The fourth-order valence-corrected chi connectivity index (χ4v) is 3.54. The predicted octanol–water partition coefficient (Wildman–Crippen LogP) is 3.39. The van der Waals surface area contributed by atoms with E-state index in [1.54, 1.807) is 6.92 Å². The molecule has 3 rings (SSSR count). The Morgan fingerprint density at radius 2 is 1.55 bits per heavy atom. The number of amides is 2. The van der Waals surface area contributed by atoms with Crippen LogP contribution in [0.1, 0.15) is 37.8 Å². The molecule has 31 heavy (non-hydrogen) atoms. The molecule has 1 aliphatic carbocycles. The monoisotopic (exact) mass is 424 g/mol. The smallest absolute Gasteiger partial charge is 0.407 e. The number of alkyl carbamates (subject to hydrolysis) is 1. The number of aliphatic carboxylic acids is 1. The third-order valence-electron chi connectivity index (χ3n) is 5.63. The predicted molar refractivity (Wildman–Crippen MR) is 117 cm³/mol. The van der Waals surface area contributed by atoms with Gasteiger partial charge in [-0.3, -0.25) is 9.59 Å². The number of nitrogens with one attached hydrogen (secondary N) is 2. The number of fused-ring (bicyclic) bond motifs is 3. The molecule has 1 unspecified atom stereocenters. The van der Waals surface area contributed by atoms with Crippen molar-refractivity contribution >= 4 is 18.0 Å². The molecular formula is C24H28N2O5. The molecule has 2 aromatic carbocycles. The molecule has 0 saturated carbocycles. The maximum absolute atomic E-state index is 12.2. The molecule has 0 bridgehead atoms. The summed E-state index contributed by atoms with van der Waals surface area (Å²) in [5.74, 6) is -1.87. The largest absolute Gasteiger partial charge is 0.481 e. The summed E-state index contributed by atoms with van der Waals surface area (Å²) in [5, 5.41) is 14.3. The van der Waals surface area contributed by atoms with E-state index in [-0.39, 0.29) is 31.5 Å². The van der Waals surface area contributed by atoms with Crippen LogP contribution in [0.4, 0.5) is 4.79 Å². The van der Waals surface area contributed by atoms with Crippen molar-refractivity contribution in [2.45, 2.75) is 26.7 Å². The van der Waals surface area contributed by atoms with Crippen molar-refractivity contribution in [3.05, 3.63) is 59.7 Å². The minimum Gasteiger partial charge on any atom is -0.481 e. The van der Waals surface area contributed by atoms with Gasteiger partial charge in [-0.05, 0) is 36.1 Å². The summed E-state index contributed by atoms with van der Waals surface area (Å²) in [4.78, 5) is 35.5. The van der Waals surface area contributed by atoms with E-state index in [1.807, 2.05) is 36.4 Å². The van der Waals surface area contributed by atoms with Gasteiger partial charge in [0.1, 0.15) is 6.61 Å². The molecule has 7 heteroatoms. The number of hydrogen-bond donors (Lipinski definition) is 3. The molecule has 164 valence electrons. The second kappa shape index (κ2) is 9.20. The summed E-state index contributed by atoms with van der Waals surface area (Å²) in [7, 11) is 0. The van der Waals surface area contributed by atoms with Crippen molar-refractivity contribution < 1.29 is 24.2 Å². The number of hydrogen-bond acceptors (Lipinski definition) is 4. The van der Waals surface area contributed by atoms with Crippen LogP contribution in [0.25, 0.3) is 11.1 Å². The summed E-state index contributed by atoms with van der Waals surface area (Å²) < 4.78 is 5.46. The van der Waals surface area contributed by atoms with E-state index in [0.29, 0.717) is 0 Å². The van der Waals surface area contributed by atoms with Gasteiger partial charge in [0.15, 0.2) is 0 Å². The molecule has 3 N–H and O–H groups in total. The minimum atomic E-state index is -1.06. The summed E-state index contributed by atoms with van der Waals surface area (Å²) >= 11 is 0. The van der Waals surface area contributed by atoms with Crippen LogP contribution in [0.5, 0.6) is 0 Å². The van der Waals surface area contributed by atoms with Gasteiger partial charge in [0.05, 0.1) is 11.3 Å². The topological polar surface area (TPSA) is 105 Å². The van der Waals surface area contributed by atoms with E-state index in [4.69, 9.17) is 9.84 Å². The Kier molecular flexibility index (Phi) is 6.63. The van der Waals surface area contributed by atoms with E-state index in [0.717, 1.165) is 22.3 Å². The Balaban J connectivity index is 1.50. The Morgan fingerprint density at radius 3 is 2.10 bits per heavy atom. The van der Waals surface area contributed by atoms with Gasteiger partial charge in [-0.15, -0.1) is 0 Å². The Morgan fingerprint density at radius 1 is 1.00 bits per heavy atom. The molecule has 0 saturated heterocycles. The van der Waals surface area contributed by atoms with Crippen LogP contribution < -0.4 is 10.6 Å². The average molecular weight is 424 g/mol. The van der Waals surface area contributed by atoms with Crippen LogP contribution in [-0.4, -0.2) is 42.8 Å². The second-order valence-electron chi connectivity index (χ2n) is 8.51. The summed E-state index contributed by atoms with van der Waals surface area (Å²) in [6, 6.07) is 16.2. The normalized spacial score (nSPS) is 13.6. The second-order valence-corrected chi connectivity index (χ2v) is 8.51. The molecule has 1 atom stereocenters. The zero-order valence-corrected chi connectivity index (χ0v) is 18.0. The van der Waals surface area contributed by atoms with Gasteiger partial charge in [0.2, 0.25) is 5.91 Å². The van der Waals surface area contributed by atoms with E-state index in [2.05, 4.69) is 22.8 Å². The highest BCUT2D eigenvalue weighted by molar-refractivity contribution is 5.81. The zero-order valence-electron chi connectivity index (χ0n) is 18.0. The third-order valence-corrected chi connectivity index (χ3v) is 5.63. The number of rotatable bonds is 8. The first-order valence-electron chi connectivity index (χ1n) is 10.3. The van der Waals surface area contributed by atoms with Crippen LogP contribution >= 0.6 is 0 Å². The van der Waals surface area contributed by atoms with Crippen molar-refractivity contribution in [3.63, 3.8) is 0 Å². The fourth-order valence-electron chi connectivity index (χ4n) is 3.54. The highest BCUT2D eigenvalue weighted by atomic mass is 16.5. The van der Waals surface area contributed by atoms with Crippen molar-refractivity contribution in [1.29, 1.82) is 0 Å². The Labute approximate surface area is 181 Å². The molecule has 0 radical (unpaired) electrons. The Bertz CT molecular complexity index is 940. The number of carboxylic acid groups (broad SMARTS) is 1. The molecule has 2 aromatic rings. The highest BCUT2D eigenvalue weighted by Crippen LogP contribution is 2.44. The summed E-state index contributed by atoms with van der Waals surface area (Å²) in [5.41, 5.74) is 3.51. The van der Waals surface area contributed by atoms with Crippen molar-refractivity contribution in [2.24, 2.45) is 11.3 Å². The number of carbonyl (C=O) groups is 3. The molecule has 2 amide bonds. The van der Waals surface area contributed by atoms with Gasteiger partial charge >= 0.3 is 12.1 Å². The first-order valence-corrected chi connectivity index (χ1v) is 10.3. The van der Waals surface area contributed by atoms with Crippen LogP contribution in [0.3, 0.4) is 0 Å². The van der Waals surface area contributed by atoms with Crippen LogP contribution in [0, 0.1) is 11.3 Å². The average Bonchev–Trinajstić information content (AvgIpc) is 3.08. The van der Waals surface area contributed by atoms with E-state index >= 15 is 0 Å². The maximum atomic E-state index is 12.2. The molecular weight excluding hydrogens is 396 g/mol. The lowest BCUT2D eigenvalue weighted by atomic mass is 9.93. The lowest BCUT2D eigenvalue weighted by molar-refractivity contribution is -0.146. The van der Waals surface area contributed by atoms with Crippen molar-refractivity contribution in [2.75, 3.05) is 19.7 Å². The zero-order chi connectivity index (χ0) is 22.6. The minimum absolute atomic E-state index is 0.0104. The molecule has 0 heterocycles. The van der Waals surface area contributed by atoms with Crippen LogP contribution in [0.15, 0.2) is 48.5 Å². The Hall–Kier alpha value is -3.35. The molecule has 0 fully saturated rings. The number of benzene rings is 2. The van der Waals surface area contributed by atoms with Gasteiger partial charge in [-0.1, -0.05) is 55.5 Å². The quantitative estimate of drug-likeness (QED) is 0.603. The standard InChI is InChI=1S/C24H28N2O5/c1-15(21(27)26-14-24(2,3)22(28)29)12-25-23(30)31-13-20-18-10-6-4-8-16(18)17-9-5-7-11-19(17)20/h4-11,15,20H,12-14H2,1-3H3,(H,25,30)(H,26,27)(H,28,29). The van der Waals surface area contributed by atoms with Gasteiger partial charge in [-0.2, -0.15) is 0 Å². The number of ether oxygens (including phenoxy) is 1. The maximum Gasteiger partial charge on any atom is 0.407 e. The SMILES string of the molecule is CC(CNC(=O)OCC1c2ccccc2-c2ccccc21)C(=O)NCC(C)(C)C(=O)O. The van der Waals surface area contributed by atoms with Crippen molar-refractivity contribution in [3.8, 4) is 11.1 Å². The fraction of sp³-hybridized carbons (Fsp3) is 0.375. The third kappa shape index (κ3) is 5.05. The van der Waals surface area contributed by atoms with E-state index < -0.39 is 23.4 Å². The van der Waals surface area contributed by atoms with E-state index in [1.165, 1.54) is 13.8 Å². The van der Waals surface area contributed by atoms with Crippen LogP contribution in [-0.2, 0) is 14.3 Å². The molecule has 1 aliphatic rings. The first kappa shape index (κ1) is 22.3. The molecule has 0 aromatic heterocycles. The molecule has 0 spiro atoms. The van der Waals surface area contributed by atoms with Gasteiger partial charge in [-0.25, -0.2) is 4.79 Å². The first-order chi connectivity index (χ1) is 14.7. The molecule has 0 aliphatic heterocycles. The number of carboxylic acids is 1. The van der Waals surface area contributed by atoms with Crippen molar-refractivity contribution in [1.82, 2.24) is 10.6 Å². The highest BCUT2D eigenvalue weighted by Gasteiger charge is 2.30. The summed E-state index contributed by atoms with van der Waals surface area (Å²) in [6.07, 6.45) is -0.590. The lowest BCUT2D eigenvalue weighted by Gasteiger charge is -2.21. The van der Waals surface area contributed by atoms with Crippen LogP contribution in [0.2, 0.25) is 0 Å². The van der Waals surface area contributed by atoms with Gasteiger partial charge in [0.25, 0.3) is 0 Å². The number of carbonyl (C=O) groups excluding carboxylic acids is 2. The molecule has 7 nitrogen and oxygen atoms in total. The van der Waals surface area contributed by atoms with Gasteiger partial charge in [0, 0.05) is 19.0 Å². The summed E-state index contributed by atoms with van der Waals surface area (Å²) in [6.45, 7) is 5.04. The lowest BCUT2D eigenvalue weighted by Crippen LogP contribution is -2.43.